The average molecular weight is 300 g/mol. The number of amides is 1. The van der Waals surface area contributed by atoms with Crippen LogP contribution in [0, 0.1) is 0 Å². The van der Waals surface area contributed by atoms with Gasteiger partial charge in [-0.1, -0.05) is 23.7 Å². The van der Waals surface area contributed by atoms with Crippen molar-refractivity contribution in [3.8, 4) is 0 Å². The van der Waals surface area contributed by atoms with Gasteiger partial charge in [0, 0.05) is 34.8 Å². The van der Waals surface area contributed by atoms with E-state index in [0.29, 0.717) is 22.6 Å². The zero-order valence-corrected chi connectivity index (χ0v) is 12.1. The average Bonchev–Trinajstić information content (AvgIpc) is 2.93. The van der Waals surface area contributed by atoms with Crippen LogP contribution in [0.25, 0.3) is 0 Å². The Kier molecular flexibility index (Phi) is 3.76. The minimum Gasteiger partial charge on any atom is -0.312 e. The van der Waals surface area contributed by atoms with Gasteiger partial charge in [0.1, 0.15) is 0 Å². The smallest absolute Gasteiger partial charge is 0.227 e. The first-order chi connectivity index (χ1) is 10.1. The van der Waals surface area contributed by atoms with Gasteiger partial charge in [-0.05, 0) is 42.8 Å². The van der Waals surface area contributed by atoms with Crippen molar-refractivity contribution in [2.24, 2.45) is 0 Å². The molecule has 0 radical (unpaired) electrons. The van der Waals surface area contributed by atoms with E-state index in [0.717, 1.165) is 18.7 Å². The lowest BCUT2D eigenvalue weighted by atomic mass is 10.0. The Balaban J connectivity index is 1.84. The number of rotatable bonds is 3. The SMILES string of the molecule is O=C(c1ccc(N2CCCC2=O)cc1)c1cccc(Cl)c1. The van der Waals surface area contributed by atoms with Gasteiger partial charge >= 0.3 is 0 Å². The first kappa shape index (κ1) is 13.8. The van der Waals surface area contributed by atoms with Gasteiger partial charge in [-0.3, -0.25) is 9.59 Å². The highest BCUT2D eigenvalue weighted by molar-refractivity contribution is 6.31. The molecule has 21 heavy (non-hydrogen) atoms. The van der Waals surface area contributed by atoms with Crippen LogP contribution >= 0.6 is 11.6 Å². The molecule has 0 unspecified atom stereocenters. The Hall–Kier alpha value is -2.13. The van der Waals surface area contributed by atoms with Crippen LogP contribution in [0.5, 0.6) is 0 Å². The van der Waals surface area contributed by atoms with Gasteiger partial charge in [0.2, 0.25) is 5.91 Å². The Morgan fingerprint density at radius 3 is 2.43 bits per heavy atom. The molecular weight excluding hydrogens is 286 g/mol. The fourth-order valence-electron chi connectivity index (χ4n) is 2.51. The predicted molar refractivity (Wildman–Crippen MR) is 82.9 cm³/mol. The van der Waals surface area contributed by atoms with E-state index >= 15 is 0 Å². The second kappa shape index (κ2) is 5.70. The molecule has 0 bridgehead atoms. The fraction of sp³-hybridized carbons (Fsp3) is 0.176. The summed E-state index contributed by atoms with van der Waals surface area (Å²) in [5.74, 6) is 0.0701. The highest BCUT2D eigenvalue weighted by Crippen LogP contribution is 2.23. The van der Waals surface area contributed by atoms with E-state index in [1.54, 1.807) is 41.3 Å². The van der Waals surface area contributed by atoms with Gasteiger partial charge in [0.05, 0.1) is 0 Å². The molecule has 2 aromatic carbocycles. The largest absolute Gasteiger partial charge is 0.312 e. The zero-order chi connectivity index (χ0) is 14.8. The van der Waals surface area contributed by atoms with Gasteiger partial charge in [-0.15, -0.1) is 0 Å². The van der Waals surface area contributed by atoms with Gasteiger partial charge < -0.3 is 4.90 Å². The van der Waals surface area contributed by atoms with Crippen LogP contribution in [0.1, 0.15) is 28.8 Å². The highest BCUT2D eigenvalue weighted by atomic mass is 35.5. The summed E-state index contributed by atoms with van der Waals surface area (Å²) in [5.41, 5.74) is 2.00. The van der Waals surface area contributed by atoms with Gasteiger partial charge in [-0.25, -0.2) is 0 Å². The van der Waals surface area contributed by atoms with E-state index in [4.69, 9.17) is 11.6 Å². The van der Waals surface area contributed by atoms with Gasteiger partial charge in [0.15, 0.2) is 5.78 Å². The Morgan fingerprint density at radius 2 is 1.81 bits per heavy atom. The van der Waals surface area contributed by atoms with Crippen molar-refractivity contribution in [1.29, 1.82) is 0 Å². The van der Waals surface area contributed by atoms with Crippen LogP contribution in [0.3, 0.4) is 0 Å². The lowest BCUT2D eigenvalue weighted by Crippen LogP contribution is -2.23. The third-order valence-electron chi connectivity index (χ3n) is 3.60. The predicted octanol–water partition coefficient (Wildman–Crippen LogP) is 3.70. The summed E-state index contributed by atoms with van der Waals surface area (Å²) >= 11 is 5.91. The number of benzene rings is 2. The summed E-state index contributed by atoms with van der Waals surface area (Å²) in [5, 5.41) is 0.542. The van der Waals surface area contributed by atoms with Crippen molar-refractivity contribution < 1.29 is 9.59 Å². The molecule has 0 aliphatic carbocycles. The maximum atomic E-state index is 12.4. The summed E-state index contributed by atoms with van der Waals surface area (Å²) in [6.07, 6.45) is 1.49. The third kappa shape index (κ3) is 2.83. The summed E-state index contributed by atoms with van der Waals surface area (Å²) in [6, 6.07) is 14.0. The Morgan fingerprint density at radius 1 is 1.05 bits per heavy atom. The minimum atomic E-state index is -0.0724. The number of halogens is 1. The van der Waals surface area contributed by atoms with Crippen molar-refractivity contribution in [2.45, 2.75) is 12.8 Å². The van der Waals surface area contributed by atoms with Crippen LogP contribution in [0.4, 0.5) is 5.69 Å². The molecule has 3 rings (SSSR count). The molecule has 0 saturated carbocycles. The highest BCUT2D eigenvalue weighted by Gasteiger charge is 2.21. The topological polar surface area (TPSA) is 37.4 Å². The minimum absolute atomic E-state index is 0.0724. The van der Waals surface area contributed by atoms with E-state index in [2.05, 4.69) is 0 Å². The molecular formula is C17H14ClNO2. The Bertz CT molecular complexity index is 694. The standard InChI is InChI=1S/C17H14ClNO2/c18-14-4-1-3-13(11-14)17(21)12-6-8-15(9-7-12)19-10-2-5-16(19)20/h1,3-4,6-9,11H,2,5,10H2. The number of hydrogen-bond donors (Lipinski definition) is 0. The molecule has 1 saturated heterocycles. The molecule has 0 aromatic heterocycles. The molecule has 3 nitrogen and oxygen atoms in total. The molecule has 1 amide bonds. The number of nitrogens with zero attached hydrogens (tertiary/aromatic N) is 1. The van der Waals surface area contributed by atoms with Crippen LogP contribution in [-0.2, 0) is 4.79 Å². The maximum absolute atomic E-state index is 12.4. The van der Waals surface area contributed by atoms with E-state index in [1.165, 1.54) is 0 Å². The summed E-state index contributed by atoms with van der Waals surface area (Å²) < 4.78 is 0. The van der Waals surface area contributed by atoms with Gasteiger partial charge in [-0.2, -0.15) is 0 Å². The van der Waals surface area contributed by atoms with Crippen molar-refractivity contribution in [1.82, 2.24) is 0 Å². The van der Waals surface area contributed by atoms with Crippen LogP contribution in [-0.4, -0.2) is 18.2 Å². The number of anilines is 1. The normalized spacial score (nSPS) is 14.5. The molecule has 1 heterocycles. The van der Waals surface area contributed by atoms with E-state index in [9.17, 15) is 9.59 Å². The fourth-order valence-corrected chi connectivity index (χ4v) is 2.70. The lowest BCUT2D eigenvalue weighted by Gasteiger charge is -2.15. The second-order valence-corrected chi connectivity index (χ2v) is 5.47. The molecule has 4 heteroatoms. The first-order valence-corrected chi connectivity index (χ1v) is 7.23. The number of hydrogen-bond acceptors (Lipinski definition) is 2. The van der Waals surface area contributed by atoms with Crippen LogP contribution in [0.2, 0.25) is 5.02 Å². The summed E-state index contributed by atoms with van der Waals surface area (Å²) in [4.78, 5) is 25.8. The first-order valence-electron chi connectivity index (χ1n) is 6.86. The molecule has 106 valence electrons. The summed E-state index contributed by atoms with van der Waals surface area (Å²) in [7, 11) is 0. The molecule has 0 spiro atoms. The second-order valence-electron chi connectivity index (χ2n) is 5.04. The molecule has 1 fully saturated rings. The van der Waals surface area contributed by atoms with E-state index in [1.807, 2.05) is 12.1 Å². The maximum Gasteiger partial charge on any atom is 0.227 e. The van der Waals surface area contributed by atoms with Crippen molar-refractivity contribution >= 4 is 29.0 Å². The molecule has 0 atom stereocenters. The molecule has 1 aliphatic rings. The van der Waals surface area contributed by atoms with Crippen molar-refractivity contribution in [3.05, 3.63) is 64.7 Å². The molecule has 0 N–H and O–H groups in total. The lowest BCUT2D eigenvalue weighted by molar-refractivity contribution is -0.117. The van der Waals surface area contributed by atoms with Crippen molar-refractivity contribution in [3.63, 3.8) is 0 Å². The van der Waals surface area contributed by atoms with Gasteiger partial charge in [0.25, 0.3) is 0 Å². The monoisotopic (exact) mass is 299 g/mol. The number of carbonyl (C=O) groups excluding carboxylic acids is 2. The number of carbonyl (C=O) groups is 2. The summed E-state index contributed by atoms with van der Waals surface area (Å²) in [6.45, 7) is 0.750. The van der Waals surface area contributed by atoms with E-state index < -0.39 is 0 Å². The molecule has 2 aromatic rings. The Labute approximate surface area is 128 Å². The van der Waals surface area contributed by atoms with Crippen molar-refractivity contribution in [2.75, 3.05) is 11.4 Å². The third-order valence-corrected chi connectivity index (χ3v) is 3.84. The van der Waals surface area contributed by atoms with E-state index in [-0.39, 0.29) is 11.7 Å². The quantitative estimate of drug-likeness (QED) is 0.810. The number of ketones is 1. The zero-order valence-electron chi connectivity index (χ0n) is 11.4. The van der Waals surface area contributed by atoms with Crippen LogP contribution in [0.15, 0.2) is 48.5 Å². The van der Waals surface area contributed by atoms with Crippen LogP contribution < -0.4 is 4.90 Å². The molecule has 1 aliphatic heterocycles.